The van der Waals surface area contributed by atoms with Gasteiger partial charge in [0.1, 0.15) is 0 Å². The molecule has 1 aromatic rings. The number of hydrogen-bond acceptors (Lipinski definition) is 3. The van der Waals surface area contributed by atoms with E-state index in [1.165, 1.54) is 4.88 Å². The number of nitrogens with zero attached hydrogens (tertiary/aromatic N) is 1. The third kappa shape index (κ3) is 3.69. The van der Waals surface area contributed by atoms with Crippen molar-refractivity contribution >= 4 is 23.2 Å². The van der Waals surface area contributed by atoms with Crippen LogP contribution in [0, 0.1) is 0 Å². The minimum absolute atomic E-state index is 0.0279. The molecule has 1 aliphatic heterocycles. The summed E-state index contributed by atoms with van der Waals surface area (Å²) in [6.07, 6.45) is 0.388. The van der Waals surface area contributed by atoms with Gasteiger partial charge in [0.15, 0.2) is 0 Å². The van der Waals surface area contributed by atoms with E-state index in [1.54, 1.807) is 16.2 Å². The summed E-state index contributed by atoms with van der Waals surface area (Å²) < 4.78 is 0. The van der Waals surface area contributed by atoms with Crippen LogP contribution in [-0.2, 0) is 10.2 Å². The Morgan fingerprint density at radius 3 is 2.59 bits per heavy atom. The predicted molar refractivity (Wildman–Crippen MR) is 90.6 cm³/mol. The number of rotatable bonds is 2. The fourth-order valence-corrected chi connectivity index (χ4v) is 3.72. The van der Waals surface area contributed by atoms with E-state index in [2.05, 4.69) is 46.0 Å². The van der Waals surface area contributed by atoms with Gasteiger partial charge < -0.3 is 10.2 Å². The molecule has 1 aliphatic rings. The summed E-state index contributed by atoms with van der Waals surface area (Å²) in [5, 5.41) is 2.82. The van der Waals surface area contributed by atoms with Crippen molar-refractivity contribution in [2.24, 2.45) is 0 Å². The van der Waals surface area contributed by atoms with Crippen LogP contribution in [0.2, 0.25) is 0 Å². The summed E-state index contributed by atoms with van der Waals surface area (Å²) in [7, 11) is 0. The maximum Gasteiger partial charge on any atom is 0.255 e. The van der Waals surface area contributed by atoms with Crippen molar-refractivity contribution in [2.45, 2.75) is 52.4 Å². The molecule has 122 valence electrons. The van der Waals surface area contributed by atoms with Gasteiger partial charge in [0.2, 0.25) is 5.91 Å². The molecule has 2 amide bonds. The molecule has 0 atom stereocenters. The van der Waals surface area contributed by atoms with Crippen LogP contribution in [0.5, 0.6) is 0 Å². The fourth-order valence-electron chi connectivity index (χ4n) is 2.51. The van der Waals surface area contributed by atoms with Crippen molar-refractivity contribution < 1.29 is 9.59 Å². The van der Waals surface area contributed by atoms with Gasteiger partial charge in [0, 0.05) is 35.8 Å². The molecule has 1 fully saturated rings. The quantitative estimate of drug-likeness (QED) is 0.909. The van der Waals surface area contributed by atoms with E-state index in [1.807, 2.05) is 0 Å². The summed E-state index contributed by atoms with van der Waals surface area (Å²) in [5.74, 6) is 0.416. The van der Waals surface area contributed by atoms with Crippen molar-refractivity contribution in [2.75, 3.05) is 19.6 Å². The van der Waals surface area contributed by atoms with E-state index in [0.29, 0.717) is 32.0 Å². The molecule has 0 unspecified atom stereocenters. The van der Waals surface area contributed by atoms with E-state index in [-0.39, 0.29) is 17.2 Å². The molecular weight excluding hydrogens is 296 g/mol. The Bertz CT molecular complexity index is 570. The normalized spacial score (nSPS) is 16.6. The van der Waals surface area contributed by atoms with Crippen molar-refractivity contribution in [3.8, 4) is 0 Å². The Kier molecular flexibility index (Phi) is 4.95. The SMILES string of the molecule is CC(C)c1sc(C(C)(C)C)cc1C(=O)N1CCNC(=O)CC1. The molecule has 1 aromatic heterocycles. The van der Waals surface area contributed by atoms with Gasteiger partial charge in [0.05, 0.1) is 5.56 Å². The van der Waals surface area contributed by atoms with Crippen molar-refractivity contribution in [3.05, 3.63) is 21.4 Å². The molecule has 2 rings (SSSR count). The van der Waals surface area contributed by atoms with Gasteiger partial charge in [-0.3, -0.25) is 9.59 Å². The Morgan fingerprint density at radius 2 is 2.00 bits per heavy atom. The van der Waals surface area contributed by atoms with Crippen LogP contribution in [0.25, 0.3) is 0 Å². The van der Waals surface area contributed by atoms with Crippen LogP contribution in [0.4, 0.5) is 0 Å². The van der Waals surface area contributed by atoms with Gasteiger partial charge in [-0.05, 0) is 17.4 Å². The number of nitrogens with one attached hydrogen (secondary N) is 1. The highest BCUT2D eigenvalue weighted by molar-refractivity contribution is 7.12. The lowest BCUT2D eigenvalue weighted by Crippen LogP contribution is -2.34. The molecule has 1 N–H and O–H groups in total. The second-order valence-electron chi connectivity index (χ2n) is 7.19. The lowest BCUT2D eigenvalue weighted by molar-refractivity contribution is -0.120. The minimum atomic E-state index is 0.0279. The average Bonchev–Trinajstić information content (AvgIpc) is 2.76. The van der Waals surface area contributed by atoms with Crippen LogP contribution in [0.1, 0.15) is 67.1 Å². The Morgan fingerprint density at radius 1 is 1.32 bits per heavy atom. The van der Waals surface area contributed by atoms with Crippen LogP contribution in [0.3, 0.4) is 0 Å². The van der Waals surface area contributed by atoms with Gasteiger partial charge in [-0.2, -0.15) is 0 Å². The lowest BCUT2D eigenvalue weighted by atomic mass is 9.93. The summed E-state index contributed by atoms with van der Waals surface area (Å²) in [5.41, 5.74) is 0.864. The summed E-state index contributed by atoms with van der Waals surface area (Å²) >= 11 is 1.74. The van der Waals surface area contributed by atoms with Crippen molar-refractivity contribution in [1.29, 1.82) is 0 Å². The molecule has 0 saturated carbocycles. The third-order valence-corrected chi connectivity index (χ3v) is 5.72. The van der Waals surface area contributed by atoms with Crippen molar-refractivity contribution in [3.63, 3.8) is 0 Å². The van der Waals surface area contributed by atoms with Gasteiger partial charge in [0.25, 0.3) is 5.91 Å². The molecule has 5 heteroatoms. The monoisotopic (exact) mass is 322 g/mol. The van der Waals surface area contributed by atoms with Gasteiger partial charge >= 0.3 is 0 Å². The van der Waals surface area contributed by atoms with Crippen LogP contribution >= 0.6 is 11.3 Å². The fraction of sp³-hybridized carbons (Fsp3) is 0.647. The first-order valence-corrected chi connectivity index (χ1v) is 8.72. The van der Waals surface area contributed by atoms with E-state index in [9.17, 15) is 9.59 Å². The molecule has 1 saturated heterocycles. The maximum atomic E-state index is 12.9. The molecule has 22 heavy (non-hydrogen) atoms. The molecular formula is C17H26N2O2S. The minimum Gasteiger partial charge on any atom is -0.354 e. The molecule has 4 nitrogen and oxygen atoms in total. The zero-order chi connectivity index (χ0) is 16.5. The molecule has 0 aromatic carbocycles. The zero-order valence-electron chi connectivity index (χ0n) is 14.2. The first-order valence-electron chi connectivity index (χ1n) is 7.90. The number of carbonyl (C=O) groups is 2. The van der Waals surface area contributed by atoms with Gasteiger partial charge in [-0.1, -0.05) is 34.6 Å². The smallest absolute Gasteiger partial charge is 0.255 e. The second-order valence-corrected chi connectivity index (χ2v) is 8.27. The van der Waals surface area contributed by atoms with Crippen LogP contribution < -0.4 is 5.32 Å². The number of carbonyl (C=O) groups excluding carboxylic acids is 2. The topological polar surface area (TPSA) is 49.4 Å². The highest BCUT2D eigenvalue weighted by Crippen LogP contribution is 2.36. The predicted octanol–water partition coefficient (Wildman–Crippen LogP) is 3.13. The van der Waals surface area contributed by atoms with Gasteiger partial charge in [-0.25, -0.2) is 0 Å². The first kappa shape index (κ1) is 17.0. The van der Waals surface area contributed by atoms with E-state index >= 15 is 0 Å². The zero-order valence-corrected chi connectivity index (χ0v) is 15.0. The van der Waals surface area contributed by atoms with Crippen LogP contribution in [0.15, 0.2) is 6.07 Å². The lowest BCUT2D eigenvalue weighted by Gasteiger charge is -2.20. The standard InChI is InChI=1S/C17H26N2O2S/c1-11(2)15-12(10-13(22-15)17(3,4)5)16(21)19-8-6-14(20)18-7-9-19/h10-11H,6-9H2,1-5H3,(H,18,20). The molecule has 0 bridgehead atoms. The number of thiophene rings is 1. The summed E-state index contributed by atoms with van der Waals surface area (Å²) in [4.78, 5) is 28.6. The third-order valence-electron chi connectivity index (χ3n) is 3.85. The Labute approximate surface area is 136 Å². The van der Waals surface area contributed by atoms with E-state index in [0.717, 1.165) is 10.4 Å². The largest absolute Gasteiger partial charge is 0.354 e. The Balaban J connectivity index is 2.31. The molecule has 0 radical (unpaired) electrons. The second kappa shape index (κ2) is 6.41. The van der Waals surface area contributed by atoms with Crippen molar-refractivity contribution in [1.82, 2.24) is 10.2 Å². The number of hydrogen-bond donors (Lipinski definition) is 1. The Hall–Kier alpha value is -1.36. The van der Waals surface area contributed by atoms with Crippen LogP contribution in [-0.4, -0.2) is 36.3 Å². The van der Waals surface area contributed by atoms with E-state index in [4.69, 9.17) is 0 Å². The van der Waals surface area contributed by atoms with Gasteiger partial charge in [-0.15, -0.1) is 11.3 Å². The first-order chi connectivity index (χ1) is 10.2. The molecule has 2 heterocycles. The molecule has 0 aliphatic carbocycles. The highest BCUT2D eigenvalue weighted by atomic mass is 32.1. The highest BCUT2D eigenvalue weighted by Gasteiger charge is 2.27. The average molecular weight is 322 g/mol. The summed E-state index contributed by atoms with van der Waals surface area (Å²) in [6, 6.07) is 2.06. The van der Waals surface area contributed by atoms with E-state index < -0.39 is 0 Å². The maximum absolute atomic E-state index is 12.9. The summed E-state index contributed by atoms with van der Waals surface area (Å²) in [6.45, 7) is 12.4. The molecule has 0 spiro atoms. The number of amides is 2.